The second kappa shape index (κ2) is 9.07. The SMILES string of the molecule is Cc1nc(-c2ccsc2)sc1C(=O)Nc1ccccc1CN1CCCC(C(N)=O)C1. The van der Waals surface area contributed by atoms with Gasteiger partial charge < -0.3 is 11.1 Å². The first-order valence-electron chi connectivity index (χ1n) is 9.92. The normalized spacial score (nSPS) is 17.0. The summed E-state index contributed by atoms with van der Waals surface area (Å²) >= 11 is 3.02. The number of rotatable bonds is 6. The number of hydrogen-bond acceptors (Lipinski definition) is 6. The molecule has 30 heavy (non-hydrogen) atoms. The fourth-order valence-corrected chi connectivity index (χ4v) is 5.42. The van der Waals surface area contributed by atoms with Gasteiger partial charge in [0.05, 0.1) is 11.6 Å². The van der Waals surface area contributed by atoms with Crippen LogP contribution in [0.4, 0.5) is 5.69 Å². The van der Waals surface area contributed by atoms with Crippen LogP contribution in [-0.4, -0.2) is 34.8 Å². The minimum atomic E-state index is -0.233. The Morgan fingerprint density at radius 2 is 2.13 bits per heavy atom. The van der Waals surface area contributed by atoms with E-state index in [2.05, 4.69) is 15.2 Å². The predicted octanol–water partition coefficient (Wildman–Crippen LogP) is 4.13. The summed E-state index contributed by atoms with van der Waals surface area (Å²) in [5, 5.41) is 7.97. The van der Waals surface area contributed by atoms with Crippen molar-refractivity contribution in [3.05, 3.63) is 57.2 Å². The zero-order valence-electron chi connectivity index (χ0n) is 16.8. The maximum absolute atomic E-state index is 13.0. The van der Waals surface area contributed by atoms with Crippen LogP contribution in [0.25, 0.3) is 10.6 Å². The van der Waals surface area contributed by atoms with Crippen LogP contribution in [0.1, 0.15) is 33.8 Å². The number of carbonyl (C=O) groups is 2. The highest BCUT2D eigenvalue weighted by atomic mass is 32.1. The van der Waals surface area contributed by atoms with Gasteiger partial charge in [-0.2, -0.15) is 11.3 Å². The lowest BCUT2D eigenvalue weighted by molar-refractivity contribution is -0.123. The third kappa shape index (κ3) is 4.61. The van der Waals surface area contributed by atoms with Crippen molar-refractivity contribution in [3.8, 4) is 10.6 Å². The molecule has 156 valence electrons. The summed E-state index contributed by atoms with van der Waals surface area (Å²) in [4.78, 5) is 32.0. The molecule has 4 rings (SSSR count). The molecule has 2 aromatic heterocycles. The molecule has 0 saturated carbocycles. The van der Waals surface area contributed by atoms with Crippen molar-refractivity contribution < 1.29 is 9.59 Å². The van der Waals surface area contributed by atoms with Crippen LogP contribution in [0.15, 0.2) is 41.1 Å². The molecular formula is C22H24N4O2S2. The van der Waals surface area contributed by atoms with Crippen LogP contribution in [0.2, 0.25) is 0 Å². The molecule has 1 saturated heterocycles. The molecule has 1 unspecified atom stereocenters. The lowest BCUT2D eigenvalue weighted by atomic mass is 9.97. The third-order valence-corrected chi connectivity index (χ3v) is 7.23. The summed E-state index contributed by atoms with van der Waals surface area (Å²) in [5.41, 5.74) is 9.09. The number of para-hydroxylation sites is 1. The predicted molar refractivity (Wildman–Crippen MR) is 122 cm³/mol. The quantitative estimate of drug-likeness (QED) is 0.603. The van der Waals surface area contributed by atoms with E-state index in [4.69, 9.17) is 5.73 Å². The van der Waals surface area contributed by atoms with Gasteiger partial charge in [-0.1, -0.05) is 18.2 Å². The van der Waals surface area contributed by atoms with Crippen molar-refractivity contribution in [1.29, 1.82) is 0 Å². The molecular weight excluding hydrogens is 416 g/mol. The van der Waals surface area contributed by atoms with Gasteiger partial charge in [-0.25, -0.2) is 4.98 Å². The Labute approximate surface area is 183 Å². The number of nitrogens with one attached hydrogen (secondary N) is 1. The molecule has 1 atom stereocenters. The minimum Gasteiger partial charge on any atom is -0.369 e. The second-order valence-electron chi connectivity index (χ2n) is 7.53. The topological polar surface area (TPSA) is 88.3 Å². The van der Waals surface area contributed by atoms with E-state index in [1.807, 2.05) is 48.0 Å². The number of amides is 2. The van der Waals surface area contributed by atoms with Gasteiger partial charge in [0.15, 0.2) is 0 Å². The number of nitrogens with two attached hydrogens (primary N) is 1. The molecule has 1 aliphatic heterocycles. The number of anilines is 1. The number of piperidine rings is 1. The number of carbonyl (C=O) groups excluding carboxylic acids is 2. The number of thiophene rings is 1. The molecule has 3 aromatic rings. The van der Waals surface area contributed by atoms with Crippen molar-refractivity contribution in [2.75, 3.05) is 18.4 Å². The molecule has 6 nitrogen and oxygen atoms in total. The number of benzene rings is 1. The molecule has 8 heteroatoms. The fraction of sp³-hybridized carbons (Fsp3) is 0.318. The molecule has 2 amide bonds. The monoisotopic (exact) mass is 440 g/mol. The summed E-state index contributed by atoms with van der Waals surface area (Å²) in [5.74, 6) is -0.480. The number of nitrogens with zero attached hydrogens (tertiary/aromatic N) is 2. The van der Waals surface area contributed by atoms with Gasteiger partial charge in [-0.3, -0.25) is 14.5 Å². The van der Waals surface area contributed by atoms with Gasteiger partial charge in [0.25, 0.3) is 5.91 Å². The molecule has 0 spiro atoms. The zero-order chi connectivity index (χ0) is 21.1. The molecule has 0 bridgehead atoms. The Bertz CT molecular complexity index is 1050. The average Bonchev–Trinajstić information content (AvgIpc) is 3.39. The maximum atomic E-state index is 13.0. The van der Waals surface area contributed by atoms with E-state index >= 15 is 0 Å². The molecule has 1 aliphatic rings. The zero-order valence-corrected chi connectivity index (χ0v) is 18.4. The smallest absolute Gasteiger partial charge is 0.267 e. The maximum Gasteiger partial charge on any atom is 0.267 e. The second-order valence-corrected chi connectivity index (χ2v) is 9.31. The number of thiazole rings is 1. The van der Waals surface area contributed by atoms with Gasteiger partial charge >= 0.3 is 0 Å². The highest BCUT2D eigenvalue weighted by Crippen LogP contribution is 2.30. The first kappa shape index (κ1) is 20.7. The van der Waals surface area contributed by atoms with Gasteiger partial charge in [0.1, 0.15) is 9.88 Å². The van der Waals surface area contributed by atoms with Crippen molar-refractivity contribution in [1.82, 2.24) is 9.88 Å². The summed E-state index contributed by atoms with van der Waals surface area (Å²) < 4.78 is 0. The molecule has 3 heterocycles. The van der Waals surface area contributed by atoms with Crippen LogP contribution in [0, 0.1) is 12.8 Å². The Balaban J connectivity index is 1.49. The number of aryl methyl sites for hydroxylation is 1. The van der Waals surface area contributed by atoms with Gasteiger partial charge in [-0.05, 0) is 49.4 Å². The van der Waals surface area contributed by atoms with Crippen molar-refractivity contribution in [2.45, 2.75) is 26.3 Å². The summed E-state index contributed by atoms with van der Waals surface area (Å²) in [7, 11) is 0. The van der Waals surface area contributed by atoms with E-state index in [0.29, 0.717) is 18.0 Å². The summed E-state index contributed by atoms with van der Waals surface area (Å²) in [6, 6.07) is 9.82. The minimum absolute atomic E-state index is 0.101. The first-order valence-corrected chi connectivity index (χ1v) is 11.7. The molecule has 0 aliphatic carbocycles. The molecule has 1 aromatic carbocycles. The van der Waals surface area contributed by atoms with Crippen molar-refractivity contribution >= 4 is 40.2 Å². The highest BCUT2D eigenvalue weighted by Gasteiger charge is 2.25. The third-order valence-electron chi connectivity index (χ3n) is 5.34. The van der Waals surface area contributed by atoms with E-state index < -0.39 is 0 Å². The number of likely N-dealkylation sites (tertiary alicyclic amines) is 1. The average molecular weight is 441 g/mol. The van der Waals surface area contributed by atoms with E-state index in [-0.39, 0.29) is 17.7 Å². The number of primary amides is 1. The lowest BCUT2D eigenvalue weighted by Crippen LogP contribution is -2.40. The van der Waals surface area contributed by atoms with E-state index in [0.717, 1.165) is 46.9 Å². The van der Waals surface area contributed by atoms with Crippen LogP contribution in [-0.2, 0) is 11.3 Å². The fourth-order valence-electron chi connectivity index (χ4n) is 3.75. The van der Waals surface area contributed by atoms with Gasteiger partial charge in [-0.15, -0.1) is 11.3 Å². The Hall–Kier alpha value is -2.55. The van der Waals surface area contributed by atoms with Crippen LogP contribution < -0.4 is 11.1 Å². The van der Waals surface area contributed by atoms with Crippen molar-refractivity contribution in [3.63, 3.8) is 0 Å². The Morgan fingerprint density at radius 3 is 2.90 bits per heavy atom. The van der Waals surface area contributed by atoms with Crippen molar-refractivity contribution in [2.24, 2.45) is 11.7 Å². The number of hydrogen-bond donors (Lipinski definition) is 2. The first-order chi connectivity index (χ1) is 14.5. The van der Waals surface area contributed by atoms with E-state index in [9.17, 15) is 9.59 Å². The van der Waals surface area contributed by atoms with Gasteiger partial charge in [0, 0.05) is 29.7 Å². The van der Waals surface area contributed by atoms with Crippen LogP contribution >= 0.6 is 22.7 Å². The molecule has 0 radical (unpaired) electrons. The van der Waals surface area contributed by atoms with E-state index in [1.165, 1.54) is 11.3 Å². The largest absolute Gasteiger partial charge is 0.369 e. The van der Waals surface area contributed by atoms with Crippen LogP contribution in [0.5, 0.6) is 0 Å². The Kier molecular flexibility index (Phi) is 6.26. The Morgan fingerprint density at radius 1 is 1.30 bits per heavy atom. The van der Waals surface area contributed by atoms with E-state index in [1.54, 1.807) is 11.3 Å². The molecule has 3 N–H and O–H groups in total. The van der Waals surface area contributed by atoms with Crippen LogP contribution in [0.3, 0.4) is 0 Å². The van der Waals surface area contributed by atoms with Gasteiger partial charge in [0.2, 0.25) is 5.91 Å². The lowest BCUT2D eigenvalue weighted by Gasteiger charge is -2.31. The summed E-state index contributed by atoms with van der Waals surface area (Å²) in [6.45, 7) is 4.12. The number of aromatic nitrogens is 1. The summed E-state index contributed by atoms with van der Waals surface area (Å²) in [6.07, 6.45) is 1.80. The standard InChI is InChI=1S/C22H24N4O2S2/c1-14-19(30-22(24-14)17-8-10-29-13-17)21(28)25-18-7-3-2-5-15(18)11-26-9-4-6-16(12-26)20(23)27/h2-3,5,7-8,10,13,16H,4,6,9,11-12H2,1H3,(H2,23,27)(H,25,28). The molecule has 1 fully saturated rings. The highest BCUT2D eigenvalue weighted by molar-refractivity contribution is 7.17.